The highest BCUT2D eigenvalue weighted by Gasteiger charge is 2.17. The largest absolute Gasteiger partial charge is 0.489 e. The average Bonchev–Trinajstić information content (AvgIpc) is 2.48. The molecule has 0 atom stereocenters. The van der Waals surface area contributed by atoms with Crippen molar-refractivity contribution in [2.45, 2.75) is 25.3 Å². The predicted octanol–water partition coefficient (Wildman–Crippen LogP) is 3.13. The maximum atomic E-state index is 12.1. The Morgan fingerprint density at radius 3 is 2.45 bits per heavy atom. The Bertz CT molecular complexity index is 767. The average molecular weight is 319 g/mol. The van der Waals surface area contributed by atoms with Crippen molar-refractivity contribution >= 4 is 10.0 Å². The van der Waals surface area contributed by atoms with Crippen LogP contribution in [0.4, 0.5) is 0 Å². The minimum absolute atomic E-state index is 0.277. The van der Waals surface area contributed by atoms with E-state index in [1.165, 1.54) is 18.4 Å². The van der Waals surface area contributed by atoms with Crippen LogP contribution in [0, 0.1) is 13.8 Å². The SMILES string of the molecule is Cc1ccc(C)c(OCc2cccc(S(=O)(=O)N(C)C)c2)c1. The fourth-order valence-corrected chi connectivity index (χ4v) is 3.00. The van der Waals surface area contributed by atoms with Crippen LogP contribution in [0.15, 0.2) is 47.4 Å². The minimum Gasteiger partial charge on any atom is -0.489 e. The van der Waals surface area contributed by atoms with Crippen molar-refractivity contribution in [2.75, 3.05) is 14.1 Å². The quantitative estimate of drug-likeness (QED) is 0.850. The summed E-state index contributed by atoms with van der Waals surface area (Å²) < 4.78 is 31.3. The Balaban J connectivity index is 2.20. The maximum absolute atomic E-state index is 12.1. The third-order valence-corrected chi connectivity index (χ3v) is 5.23. The van der Waals surface area contributed by atoms with Crippen molar-refractivity contribution in [3.8, 4) is 5.75 Å². The highest BCUT2D eigenvalue weighted by Crippen LogP contribution is 2.21. The van der Waals surface area contributed by atoms with Crippen molar-refractivity contribution in [1.29, 1.82) is 0 Å². The third kappa shape index (κ3) is 3.67. The molecule has 0 radical (unpaired) electrons. The number of rotatable bonds is 5. The van der Waals surface area contributed by atoms with E-state index in [4.69, 9.17) is 4.74 Å². The Morgan fingerprint density at radius 1 is 1.05 bits per heavy atom. The van der Waals surface area contributed by atoms with E-state index in [-0.39, 0.29) is 4.90 Å². The molecular weight excluding hydrogens is 298 g/mol. The monoisotopic (exact) mass is 319 g/mol. The van der Waals surface area contributed by atoms with Crippen molar-refractivity contribution in [1.82, 2.24) is 4.31 Å². The minimum atomic E-state index is -3.42. The standard InChI is InChI=1S/C17H21NO3S/c1-13-8-9-14(2)17(10-13)21-12-15-6-5-7-16(11-15)22(19,20)18(3)4/h5-11H,12H2,1-4H3. The summed E-state index contributed by atoms with van der Waals surface area (Å²) in [6.45, 7) is 4.33. The first-order valence-electron chi connectivity index (χ1n) is 7.02. The smallest absolute Gasteiger partial charge is 0.242 e. The Hall–Kier alpha value is -1.85. The van der Waals surface area contributed by atoms with Gasteiger partial charge in [-0.3, -0.25) is 0 Å². The van der Waals surface area contributed by atoms with Gasteiger partial charge >= 0.3 is 0 Å². The van der Waals surface area contributed by atoms with Crippen LogP contribution in [0.3, 0.4) is 0 Å². The van der Waals surface area contributed by atoms with Gasteiger partial charge in [-0.2, -0.15) is 0 Å². The van der Waals surface area contributed by atoms with Gasteiger partial charge in [0, 0.05) is 14.1 Å². The Kier molecular flexibility index (Phi) is 4.88. The molecule has 0 saturated carbocycles. The molecule has 0 fully saturated rings. The molecule has 2 aromatic carbocycles. The molecule has 118 valence electrons. The van der Waals surface area contributed by atoms with E-state index in [0.717, 1.165) is 22.4 Å². The van der Waals surface area contributed by atoms with Crippen LogP contribution in [0.25, 0.3) is 0 Å². The second kappa shape index (κ2) is 6.50. The van der Waals surface area contributed by atoms with Crippen molar-refractivity contribution in [2.24, 2.45) is 0 Å². The summed E-state index contributed by atoms with van der Waals surface area (Å²) in [5.41, 5.74) is 3.01. The number of benzene rings is 2. The molecule has 0 heterocycles. The number of hydrogen-bond acceptors (Lipinski definition) is 3. The summed E-state index contributed by atoms with van der Waals surface area (Å²) in [7, 11) is -0.375. The van der Waals surface area contributed by atoms with Gasteiger partial charge in [0.05, 0.1) is 4.90 Å². The highest BCUT2D eigenvalue weighted by atomic mass is 32.2. The second-order valence-electron chi connectivity index (χ2n) is 5.49. The van der Waals surface area contributed by atoms with Crippen LogP contribution in [0.5, 0.6) is 5.75 Å². The molecule has 0 amide bonds. The van der Waals surface area contributed by atoms with E-state index >= 15 is 0 Å². The molecule has 0 aliphatic rings. The molecule has 2 rings (SSSR count). The molecule has 0 spiro atoms. The molecule has 0 aliphatic carbocycles. The summed E-state index contributed by atoms with van der Waals surface area (Å²) >= 11 is 0. The van der Waals surface area contributed by atoms with Gasteiger partial charge in [-0.15, -0.1) is 0 Å². The lowest BCUT2D eigenvalue weighted by Gasteiger charge is -2.13. The highest BCUT2D eigenvalue weighted by molar-refractivity contribution is 7.89. The van der Waals surface area contributed by atoms with E-state index in [0.29, 0.717) is 6.61 Å². The first-order valence-corrected chi connectivity index (χ1v) is 8.46. The van der Waals surface area contributed by atoms with Crippen LogP contribution < -0.4 is 4.74 Å². The molecular formula is C17H21NO3S. The topological polar surface area (TPSA) is 46.6 Å². The zero-order chi connectivity index (χ0) is 16.3. The lowest BCUT2D eigenvalue weighted by Crippen LogP contribution is -2.22. The van der Waals surface area contributed by atoms with Gasteiger partial charge in [0.2, 0.25) is 10.0 Å². The van der Waals surface area contributed by atoms with Crippen molar-refractivity contribution < 1.29 is 13.2 Å². The van der Waals surface area contributed by atoms with E-state index in [1.54, 1.807) is 18.2 Å². The molecule has 5 heteroatoms. The molecule has 4 nitrogen and oxygen atoms in total. The van der Waals surface area contributed by atoms with Crippen molar-refractivity contribution in [3.63, 3.8) is 0 Å². The van der Waals surface area contributed by atoms with E-state index in [1.807, 2.05) is 38.1 Å². The molecule has 0 N–H and O–H groups in total. The number of ether oxygens (including phenoxy) is 1. The summed E-state index contributed by atoms with van der Waals surface area (Å²) in [5, 5.41) is 0. The van der Waals surface area contributed by atoms with Crippen LogP contribution >= 0.6 is 0 Å². The van der Waals surface area contributed by atoms with Crippen molar-refractivity contribution in [3.05, 3.63) is 59.2 Å². The normalized spacial score (nSPS) is 11.7. The molecule has 0 aliphatic heterocycles. The lowest BCUT2D eigenvalue weighted by molar-refractivity contribution is 0.303. The van der Waals surface area contributed by atoms with Gasteiger partial charge < -0.3 is 4.74 Å². The van der Waals surface area contributed by atoms with E-state index < -0.39 is 10.0 Å². The number of aryl methyl sites for hydroxylation is 2. The van der Waals surface area contributed by atoms with E-state index in [9.17, 15) is 8.42 Å². The van der Waals surface area contributed by atoms with E-state index in [2.05, 4.69) is 0 Å². The van der Waals surface area contributed by atoms with Gasteiger partial charge in [0.15, 0.2) is 0 Å². The molecule has 2 aromatic rings. The summed E-state index contributed by atoms with van der Waals surface area (Å²) in [6, 6.07) is 12.9. The summed E-state index contributed by atoms with van der Waals surface area (Å²) in [4.78, 5) is 0.277. The molecule has 0 unspecified atom stereocenters. The van der Waals surface area contributed by atoms with Crippen LogP contribution in [-0.4, -0.2) is 26.8 Å². The van der Waals surface area contributed by atoms with Gasteiger partial charge in [-0.25, -0.2) is 12.7 Å². The fourth-order valence-electron chi connectivity index (χ4n) is 2.03. The van der Waals surface area contributed by atoms with Gasteiger partial charge in [0.1, 0.15) is 12.4 Å². The summed E-state index contributed by atoms with van der Waals surface area (Å²) in [6.07, 6.45) is 0. The summed E-state index contributed by atoms with van der Waals surface area (Å²) in [5.74, 6) is 0.820. The molecule has 0 saturated heterocycles. The molecule has 0 bridgehead atoms. The molecule has 0 aromatic heterocycles. The van der Waals surface area contributed by atoms with Crippen LogP contribution in [0.2, 0.25) is 0 Å². The fraction of sp³-hybridized carbons (Fsp3) is 0.294. The second-order valence-corrected chi connectivity index (χ2v) is 7.64. The number of hydrogen-bond donors (Lipinski definition) is 0. The predicted molar refractivity (Wildman–Crippen MR) is 87.6 cm³/mol. The Morgan fingerprint density at radius 2 is 1.77 bits per heavy atom. The number of sulfonamides is 1. The van der Waals surface area contributed by atoms with Crippen LogP contribution in [-0.2, 0) is 16.6 Å². The zero-order valence-corrected chi connectivity index (χ0v) is 14.1. The van der Waals surface area contributed by atoms with Gasteiger partial charge in [0.25, 0.3) is 0 Å². The first kappa shape index (κ1) is 16.5. The molecule has 22 heavy (non-hydrogen) atoms. The number of nitrogens with zero attached hydrogens (tertiary/aromatic N) is 1. The first-order chi connectivity index (χ1) is 10.3. The van der Waals surface area contributed by atoms with Crippen LogP contribution in [0.1, 0.15) is 16.7 Å². The zero-order valence-electron chi connectivity index (χ0n) is 13.3. The third-order valence-electron chi connectivity index (χ3n) is 3.42. The maximum Gasteiger partial charge on any atom is 0.242 e. The lowest BCUT2D eigenvalue weighted by atomic mass is 10.1. The van der Waals surface area contributed by atoms with Gasteiger partial charge in [-0.05, 0) is 48.7 Å². The Labute approximate surface area is 132 Å². The van der Waals surface area contributed by atoms with Gasteiger partial charge in [-0.1, -0.05) is 24.3 Å².